The van der Waals surface area contributed by atoms with Crippen molar-refractivity contribution in [1.82, 2.24) is 5.32 Å². The van der Waals surface area contributed by atoms with E-state index in [1.807, 2.05) is 11.3 Å². The maximum atomic E-state index is 3.91. The third-order valence-corrected chi connectivity index (χ3v) is 4.74. The van der Waals surface area contributed by atoms with E-state index < -0.39 is 0 Å². The van der Waals surface area contributed by atoms with Gasteiger partial charge >= 0.3 is 0 Å². The monoisotopic (exact) mass is 251 g/mol. The standard InChI is InChI=1S/C15H25NS/c1-2-8-14(15-11-7-12-17-15)16-13-9-5-3-4-6-10-13/h7,11-14,16H,2-6,8-10H2,1H3. The van der Waals surface area contributed by atoms with Crippen LogP contribution in [0.15, 0.2) is 17.5 Å². The Morgan fingerprint density at radius 3 is 2.65 bits per heavy atom. The van der Waals surface area contributed by atoms with E-state index in [-0.39, 0.29) is 0 Å². The van der Waals surface area contributed by atoms with E-state index in [1.165, 1.54) is 56.2 Å². The summed E-state index contributed by atoms with van der Waals surface area (Å²) in [6, 6.07) is 5.82. The highest BCUT2D eigenvalue weighted by Gasteiger charge is 2.18. The van der Waals surface area contributed by atoms with E-state index in [0.29, 0.717) is 6.04 Å². The van der Waals surface area contributed by atoms with Crippen LogP contribution in [0.1, 0.15) is 69.2 Å². The molecule has 1 fully saturated rings. The van der Waals surface area contributed by atoms with Crippen LogP contribution in [0.5, 0.6) is 0 Å². The van der Waals surface area contributed by atoms with Crippen LogP contribution in [0.3, 0.4) is 0 Å². The second kappa shape index (κ2) is 7.17. The fraction of sp³-hybridized carbons (Fsp3) is 0.733. The van der Waals surface area contributed by atoms with Crippen molar-refractivity contribution in [3.8, 4) is 0 Å². The molecule has 1 atom stereocenters. The van der Waals surface area contributed by atoms with Gasteiger partial charge in [0.15, 0.2) is 0 Å². The minimum Gasteiger partial charge on any atom is -0.306 e. The van der Waals surface area contributed by atoms with Crippen molar-refractivity contribution in [2.45, 2.75) is 70.4 Å². The zero-order valence-electron chi connectivity index (χ0n) is 11.0. The summed E-state index contributed by atoms with van der Waals surface area (Å²) in [6.07, 6.45) is 11.0. The quantitative estimate of drug-likeness (QED) is 0.734. The fourth-order valence-corrected chi connectivity index (χ4v) is 3.64. The first-order valence-corrected chi connectivity index (χ1v) is 8.07. The number of thiophene rings is 1. The van der Waals surface area contributed by atoms with Gasteiger partial charge in [0.1, 0.15) is 0 Å². The molecule has 96 valence electrons. The summed E-state index contributed by atoms with van der Waals surface area (Å²) in [4.78, 5) is 1.52. The average Bonchev–Trinajstić information content (AvgIpc) is 2.75. The van der Waals surface area contributed by atoms with Crippen molar-refractivity contribution >= 4 is 11.3 Å². The molecular formula is C15H25NS. The van der Waals surface area contributed by atoms with Gasteiger partial charge in [-0.25, -0.2) is 0 Å². The molecule has 1 aliphatic rings. The Labute approximate surface area is 110 Å². The van der Waals surface area contributed by atoms with Gasteiger partial charge in [-0.15, -0.1) is 11.3 Å². The first kappa shape index (κ1) is 13.1. The minimum atomic E-state index is 0.600. The van der Waals surface area contributed by atoms with Gasteiger partial charge in [-0.3, -0.25) is 0 Å². The van der Waals surface area contributed by atoms with Crippen LogP contribution in [0.25, 0.3) is 0 Å². The molecule has 2 rings (SSSR count). The van der Waals surface area contributed by atoms with Crippen LogP contribution in [-0.2, 0) is 0 Å². The molecule has 1 aromatic heterocycles. The Morgan fingerprint density at radius 1 is 1.29 bits per heavy atom. The zero-order chi connectivity index (χ0) is 11.9. The van der Waals surface area contributed by atoms with Crippen LogP contribution in [0.2, 0.25) is 0 Å². The van der Waals surface area contributed by atoms with E-state index in [0.717, 1.165) is 6.04 Å². The molecule has 17 heavy (non-hydrogen) atoms. The summed E-state index contributed by atoms with van der Waals surface area (Å²) in [5, 5.41) is 6.11. The van der Waals surface area contributed by atoms with Gasteiger partial charge in [-0.1, -0.05) is 45.1 Å². The summed E-state index contributed by atoms with van der Waals surface area (Å²) >= 11 is 1.90. The van der Waals surface area contributed by atoms with Gasteiger partial charge in [-0.2, -0.15) is 0 Å². The first-order chi connectivity index (χ1) is 8.40. The second-order valence-corrected chi connectivity index (χ2v) is 6.19. The lowest BCUT2D eigenvalue weighted by molar-refractivity contribution is 0.386. The van der Waals surface area contributed by atoms with Crippen molar-refractivity contribution in [2.75, 3.05) is 0 Å². The molecule has 0 amide bonds. The highest BCUT2D eigenvalue weighted by Crippen LogP contribution is 2.26. The Bertz CT molecular complexity index is 286. The van der Waals surface area contributed by atoms with Gasteiger partial charge in [-0.05, 0) is 30.7 Å². The zero-order valence-corrected chi connectivity index (χ0v) is 11.8. The van der Waals surface area contributed by atoms with Gasteiger partial charge in [0.25, 0.3) is 0 Å². The van der Waals surface area contributed by atoms with Crippen molar-refractivity contribution in [3.05, 3.63) is 22.4 Å². The molecule has 0 aliphatic heterocycles. The number of nitrogens with one attached hydrogen (secondary N) is 1. The van der Waals surface area contributed by atoms with E-state index in [2.05, 4.69) is 29.8 Å². The lowest BCUT2D eigenvalue weighted by atomic mass is 10.0. The number of rotatable bonds is 5. The molecular weight excluding hydrogens is 226 g/mol. The van der Waals surface area contributed by atoms with Crippen LogP contribution < -0.4 is 5.32 Å². The van der Waals surface area contributed by atoms with Crippen molar-refractivity contribution < 1.29 is 0 Å². The molecule has 2 heteroatoms. The van der Waals surface area contributed by atoms with E-state index in [1.54, 1.807) is 0 Å². The molecule has 0 aromatic carbocycles. The molecule has 0 spiro atoms. The Kier molecular flexibility index (Phi) is 5.53. The summed E-state index contributed by atoms with van der Waals surface area (Å²) < 4.78 is 0. The molecule has 1 unspecified atom stereocenters. The second-order valence-electron chi connectivity index (χ2n) is 5.21. The number of hydrogen-bond donors (Lipinski definition) is 1. The average molecular weight is 251 g/mol. The van der Waals surface area contributed by atoms with Gasteiger partial charge in [0.2, 0.25) is 0 Å². The highest BCUT2D eigenvalue weighted by molar-refractivity contribution is 7.10. The summed E-state index contributed by atoms with van der Waals surface area (Å²) in [7, 11) is 0. The SMILES string of the molecule is CCCC(NC1CCCCCC1)c1cccs1. The van der Waals surface area contributed by atoms with Crippen LogP contribution in [0.4, 0.5) is 0 Å². The predicted molar refractivity (Wildman–Crippen MR) is 76.6 cm³/mol. The Hall–Kier alpha value is -0.340. The Balaban J connectivity index is 1.92. The minimum absolute atomic E-state index is 0.600. The van der Waals surface area contributed by atoms with Crippen LogP contribution >= 0.6 is 11.3 Å². The molecule has 1 aromatic rings. The predicted octanol–water partition coefficient (Wildman–Crippen LogP) is 4.90. The largest absolute Gasteiger partial charge is 0.306 e. The molecule has 0 saturated heterocycles. The molecule has 0 radical (unpaired) electrons. The van der Waals surface area contributed by atoms with E-state index >= 15 is 0 Å². The van der Waals surface area contributed by atoms with Crippen LogP contribution in [0, 0.1) is 0 Å². The molecule has 1 N–H and O–H groups in total. The normalized spacial score (nSPS) is 20.1. The third-order valence-electron chi connectivity index (χ3n) is 3.76. The van der Waals surface area contributed by atoms with Crippen molar-refractivity contribution in [1.29, 1.82) is 0 Å². The topological polar surface area (TPSA) is 12.0 Å². The van der Waals surface area contributed by atoms with E-state index in [9.17, 15) is 0 Å². The van der Waals surface area contributed by atoms with E-state index in [4.69, 9.17) is 0 Å². The lowest BCUT2D eigenvalue weighted by Gasteiger charge is -2.24. The molecule has 0 bridgehead atoms. The fourth-order valence-electron chi connectivity index (χ4n) is 2.82. The summed E-state index contributed by atoms with van der Waals surface area (Å²) in [5.41, 5.74) is 0. The van der Waals surface area contributed by atoms with Crippen molar-refractivity contribution in [3.63, 3.8) is 0 Å². The molecule has 1 aliphatic carbocycles. The third kappa shape index (κ3) is 4.11. The van der Waals surface area contributed by atoms with Gasteiger partial charge in [0.05, 0.1) is 0 Å². The summed E-state index contributed by atoms with van der Waals surface area (Å²) in [5.74, 6) is 0. The maximum Gasteiger partial charge on any atom is 0.0416 e. The first-order valence-electron chi connectivity index (χ1n) is 7.19. The summed E-state index contributed by atoms with van der Waals surface area (Å²) in [6.45, 7) is 2.29. The maximum absolute atomic E-state index is 3.91. The Morgan fingerprint density at radius 2 is 2.06 bits per heavy atom. The van der Waals surface area contributed by atoms with Gasteiger partial charge < -0.3 is 5.32 Å². The molecule has 1 saturated carbocycles. The lowest BCUT2D eigenvalue weighted by Crippen LogP contribution is -2.32. The van der Waals surface area contributed by atoms with Crippen molar-refractivity contribution in [2.24, 2.45) is 0 Å². The molecule has 1 heterocycles. The van der Waals surface area contributed by atoms with Crippen LogP contribution in [-0.4, -0.2) is 6.04 Å². The van der Waals surface area contributed by atoms with Gasteiger partial charge in [0, 0.05) is 17.0 Å². The highest BCUT2D eigenvalue weighted by atomic mass is 32.1. The number of hydrogen-bond acceptors (Lipinski definition) is 2. The smallest absolute Gasteiger partial charge is 0.0416 e. The molecule has 1 nitrogen and oxygen atoms in total.